The highest BCUT2D eigenvalue weighted by molar-refractivity contribution is 5.79. The molecule has 0 radical (unpaired) electrons. The van der Waals surface area contributed by atoms with Gasteiger partial charge in [-0.25, -0.2) is 9.37 Å². The Morgan fingerprint density at radius 1 is 1.31 bits per heavy atom. The standard InChI is InChI=1S/C22H30FN5O/c1-16-12-20(23)6-5-19(16)8-9-25-22(24-3)27-14-18-4-7-21(26-13-18)28-10-11-29-17(2)15-28/h4-7,12-13,17H,8-11,14-15H2,1-3H3,(H2,24,25,27). The number of nitrogens with zero attached hydrogens (tertiary/aromatic N) is 3. The lowest BCUT2D eigenvalue weighted by molar-refractivity contribution is 0.0529. The minimum absolute atomic E-state index is 0.195. The summed E-state index contributed by atoms with van der Waals surface area (Å²) in [4.78, 5) is 11.1. The van der Waals surface area contributed by atoms with Crippen LogP contribution >= 0.6 is 0 Å². The van der Waals surface area contributed by atoms with Crippen LogP contribution in [0, 0.1) is 12.7 Å². The van der Waals surface area contributed by atoms with Gasteiger partial charge in [0.2, 0.25) is 0 Å². The van der Waals surface area contributed by atoms with Crippen LogP contribution in [0.2, 0.25) is 0 Å². The Labute approximate surface area is 172 Å². The maximum Gasteiger partial charge on any atom is 0.191 e. The first-order valence-electron chi connectivity index (χ1n) is 10.1. The van der Waals surface area contributed by atoms with Crippen LogP contribution in [0.4, 0.5) is 10.2 Å². The number of pyridine rings is 1. The van der Waals surface area contributed by atoms with Crippen LogP contribution < -0.4 is 15.5 Å². The first-order chi connectivity index (χ1) is 14.0. The third-order valence-electron chi connectivity index (χ3n) is 5.05. The lowest BCUT2D eigenvalue weighted by atomic mass is 10.1. The Kier molecular flexibility index (Phi) is 7.41. The van der Waals surface area contributed by atoms with E-state index in [1.165, 1.54) is 6.07 Å². The number of halogens is 1. The zero-order valence-corrected chi connectivity index (χ0v) is 17.4. The van der Waals surface area contributed by atoms with Gasteiger partial charge in [-0.2, -0.15) is 0 Å². The first kappa shape index (κ1) is 21.0. The summed E-state index contributed by atoms with van der Waals surface area (Å²) in [5, 5.41) is 6.61. The van der Waals surface area contributed by atoms with E-state index < -0.39 is 0 Å². The van der Waals surface area contributed by atoms with Crippen LogP contribution in [0.1, 0.15) is 23.6 Å². The Morgan fingerprint density at radius 3 is 2.86 bits per heavy atom. The second-order valence-electron chi connectivity index (χ2n) is 7.33. The number of aromatic nitrogens is 1. The molecule has 2 N–H and O–H groups in total. The zero-order valence-electron chi connectivity index (χ0n) is 17.4. The Balaban J connectivity index is 1.45. The van der Waals surface area contributed by atoms with E-state index in [4.69, 9.17) is 4.74 Å². The fourth-order valence-electron chi connectivity index (χ4n) is 3.40. The lowest BCUT2D eigenvalue weighted by Crippen LogP contribution is -2.41. The molecule has 1 aliphatic rings. The third kappa shape index (κ3) is 6.15. The second-order valence-corrected chi connectivity index (χ2v) is 7.33. The average molecular weight is 400 g/mol. The lowest BCUT2D eigenvalue weighted by Gasteiger charge is -2.32. The molecule has 3 rings (SSSR count). The molecule has 156 valence electrons. The summed E-state index contributed by atoms with van der Waals surface area (Å²) in [7, 11) is 1.75. The summed E-state index contributed by atoms with van der Waals surface area (Å²) in [6, 6.07) is 9.05. The molecular formula is C22H30FN5O. The van der Waals surface area contributed by atoms with Crippen molar-refractivity contribution in [2.75, 3.05) is 38.2 Å². The van der Waals surface area contributed by atoms with Gasteiger partial charge in [-0.05, 0) is 55.2 Å². The van der Waals surface area contributed by atoms with Gasteiger partial charge in [0.25, 0.3) is 0 Å². The summed E-state index contributed by atoms with van der Waals surface area (Å²) >= 11 is 0. The normalized spacial score (nSPS) is 17.3. The number of hydrogen-bond donors (Lipinski definition) is 2. The van der Waals surface area contributed by atoms with Crippen molar-refractivity contribution < 1.29 is 9.13 Å². The van der Waals surface area contributed by atoms with E-state index >= 15 is 0 Å². The molecule has 1 unspecified atom stereocenters. The van der Waals surface area contributed by atoms with E-state index in [1.807, 2.05) is 19.2 Å². The van der Waals surface area contributed by atoms with Crippen molar-refractivity contribution in [3.8, 4) is 0 Å². The first-order valence-corrected chi connectivity index (χ1v) is 10.1. The number of ether oxygens (including phenoxy) is 1. The summed E-state index contributed by atoms with van der Waals surface area (Å²) in [6.07, 6.45) is 2.94. The van der Waals surface area contributed by atoms with E-state index in [-0.39, 0.29) is 11.9 Å². The number of morpholine rings is 1. The van der Waals surface area contributed by atoms with Crippen LogP contribution in [0.25, 0.3) is 0 Å². The Morgan fingerprint density at radius 2 is 2.17 bits per heavy atom. The van der Waals surface area contributed by atoms with Gasteiger partial charge in [-0.3, -0.25) is 4.99 Å². The smallest absolute Gasteiger partial charge is 0.191 e. The van der Waals surface area contributed by atoms with Gasteiger partial charge >= 0.3 is 0 Å². The summed E-state index contributed by atoms with van der Waals surface area (Å²) in [5.41, 5.74) is 3.19. The molecule has 6 nitrogen and oxygen atoms in total. The van der Waals surface area contributed by atoms with Crippen LogP contribution in [0.3, 0.4) is 0 Å². The molecule has 1 aliphatic heterocycles. The maximum atomic E-state index is 13.2. The van der Waals surface area contributed by atoms with Gasteiger partial charge in [0.05, 0.1) is 12.7 Å². The molecule has 0 spiro atoms. The molecule has 2 aromatic rings. The molecule has 1 aromatic heterocycles. The molecule has 0 amide bonds. The number of guanidine groups is 1. The highest BCUT2D eigenvalue weighted by atomic mass is 19.1. The minimum Gasteiger partial charge on any atom is -0.375 e. The van der Waals surface area contributed by atoms with Crippen LogP contribution in [-0.2, 0) is 17.7 Å². The summed E-state index contributed by atoms with van der Waals surface area (Å²) in [6.45, 7) is 7.86. The van der Waals surface area contributed by atoms with Gasteiger partial charge < -0.3 is 20.3 Å². The summed E-state index contributed by atoms with van der Waals surface area (Å²) < 4.78 is 18.8. The highest BCUT2D eigenvalue weighted by Crippen LogP contribution is 2.15. The second kappa shape index (κ2) is 10.2. The van der Waals surface area contributed by atoms with E-state index in [0.29, 0.717) is 6.54 Å². The Bertz CT molecular complexity index is 824. The van der Waals surface area contributed by atoms with Gasteiger partial charge in [0.15, 0.2) is 5.96 Å². The molecule has 0 saturated carbocycles. The predicted molar refractivity (Wildman–Crippen MR) is 115 cm³/mol. The number of rotatable bonds is 6. The monoisotopic (exact) mass is 399 g/mol. The maximum absolute atomic E-state index is 13.2. The largest absolute Gasteiger partial charge is 0.375 e. The zero-order chi connectivity index (χ0) is 20.6. The number of hydrogen-bond acceptors (Lipinski definition) is 4. The molecule has 29 heavy (non-hydrogen) atoms. The molecule has 0 aliphatic carbocycles. The van der Waals surface area contributed by atoms with Crippen LogP contribution in [0.5, 0.6) is 0 Å². The summed E-state index contributed by atoms with van der Waals surface area (Å²) in [5.74, 6) is 1.52. The van der Waals surface area contributed by atoms with Gasteiger partial charge in [-0.15, -0.1) is 0 Å². The number of nitrogens with one attached hydrogen (secondary N) is 2. The van der Waals surface area contributed by atoms with Crippen molar-refractivity contribution in [1.82, 2.24) is 15.6 Å². The van der Waals surface area contributed by atoms with Crippen molar-refractivity contribution in [2.45, 2.75) is 32.9 Å². The number of aliphatic imine (C=N–C) groups is 1. The van der Waals surface area contributed by atoms with Crippen LogP contribution in [0.15, 0.2) is 41.5 Å². The molecular weight excluding hydrogens is 369 g/mol. The molecule has 1 aromatic carbocycles. The molecule has 7 heteroatoms. The van der Waals surface area contributed by atoms with Gasteiger partial charge in [0.1, 0.15) is 11.6 Å². The minimum atomic E-state index is -0.195. The molecule has 1 fully saturated rings. The van der Waals surface area contributed by atoms with E-state index in [1.54, 1.807) is 13.1 Å². The van der Waals surface area contributed by atoms with E-state index in [2.05, 4.69) is 44.6 Å². The number of anilines is 1. The van der Waals surface area contributed by atoms with Crippen molar-refractivity contribution in [3.63, 3.8) is 0 Å². The molecule has 1 atom stereocenters. The number of benzene rings is 1. The molecule has 2 heterocycles. The Hall–Kier alpha value is -2.67. The molecule has 1 saturated heterocycles. The highest BCUT2D eigenvalue weighted by Gasteiger charge is 2.17. The van der Waals surface area contributed by atoms with Crippen molar-refractivity contribution in [3.05, 3.63) is 59.0 Å². The average Bonchev–Trinajstić information content (AvgIpc) is 2.72. The van der Waals surface area contributed by atoms with Gasteiger partial charge in [-0.1, -0.05) is 12.1 Å². The van der Waals surface area contributed by atoms with Crippen molar-refractivity contribution in [2.24, 2.45) is 4.99 Å². The third-order valence-corrected chi connectivity index (χ3v) is 5.05. The molecule has 0 bridgehead atoms. The van der Waals surface area contributed by atoms with E-state index in [9.17, 15) is 4.39 Å². The fraction of sp³-hybridized carbons (Fsp3) is 0.455. The topological polar surface area (TPSA) is 61.8 Å². The fourth-order valence-corrected chi connectivity index (χ4v) is 3.40. The predicted octanol–water partition coefficient (Wildman–Crippen LogP) is 2.66. The quantitative estimate of drug-likeness (QED) is 0.578. The SMILES string of the molecule is CN=C(NCCc1ccc(F)cc1C)NCc1ccc(N2CCOC(C)C2)nc1. The van der Waals surface area contributed by atoms with Crippen molar-refractivity contribution in [1.29, 1.82) is 0 Å². The van der Waals surface area contributed by atoms with Crippen molar-refractivity contribution >= 4 is 11.8 Å². The van der Waals surface area contributed by atoms with Gasteiger partial charge in [0, 0.05) is 39.4 Å². The van der Waals surface area contributed by atoms with E-state index in [0.717, 1.165) is 61.1 Å². The van der Waals surface area contributed by atoms with Crippen LogP contribution in [-0.4, -0.2) is 50.3 Å². The number of aryl methyl sites for hydroxylation is 1.